The van der Waals surface area contributed by atoms with E-state index in [1.54, 1.807) is 13.2 Å². The highest BCUT2D eigenvalue weighted by Gasteiger charge is 2.45. The van der Waals surface area contributed by atoms with Crippen LogP contribution in [0.25, 0.3) is 0 Å². The summed E-state index contributed by atoms with van der Waals surface area (Å²) in [7, 11) is 1.61. The second-order valence-corrected chi connectivity index (χ2v) is 7.98. The first-order chi connectivity index (χ1) is 14.8. The number of hydrogen-bond donors (Lipinski definition) is 4. The largest absolute Gasteiger partial charge is 0.497 e. The van der Waals surface area contributed by atoms with Crippen LogP contribution in [-0.4, -0.2) is 65.2 Å². The summed E-state index contributed by atoms with van der Waals surface area (Å²) in [4.78, 5) is 0. The smallest absolute Gasteiger partial charge is 0.129 e. The molecule has 1 aliphatic rings. The molecular formula is C23H29ClO7. The average molecular weight is 453 g/mol. The summed E-state index contributed by atoms with van der Waals surface area (Å²) in [5.74, 6) is 1.20. The molecule has 1 saturated heterocycles. The Labute approximate surface area is 186 Å². The number of methoxy groups -OCH3 is 1. The maximum absolute atomic E-state index is 10.6. The lowest BCUT2D eigenvalue weighted by atomic mass is 9.88. The van der Waals surface area contributed by atoms with Crippen LogP contribution in [0.4, 0.5) is 0 Å². The maximum Gasteiger partial charge on any atom is 0.129 e. The fourth-order valence-corrected chi connectivity index (χ4v) is 4.08. The van der Waals surface area contributed by atoms with E-state index in [0.717, 1.165) is 16.9 Å². The molecule has 2 aromatic rings. The summed E-state index contributed by atoms with van der Waals surface area (Å²) in [5, 5.41) is 41.1. The molecular weight excluding hydrogens is 424 g/mol. The summed E-state index contributed by atoms with van der Waals surface area (Å²) < 4.78 is 16.8. The lowest BCUT2D eigenvalue weighted by Crippen LogP contribution is -2.55. The molecule has 1 fully saturated rings. The van der Waals surface area contributed by atoms with Crippen LogP contribution in [0.2, 0.25) is 5.02 Å². The van der Waals surface area contributed by atoms with Gasteiger partial charge in [0.05, 0.1) is 25.3 Å². The Kier molecular flexibility index (Phi) is 7.80. The molecule has 31 heavy (non-hydrogen) atoms. The van der Waals surface area contributed by atoms with E-state index in [4.69, 9.17) is 25.8 Å². The molecule has 3 rings (SSSR count). The molecule has 5 atom stereocenters. The third-order valence-electron chi connectivity index (χ3n) is 5.58. The third kappa shape index (κ3) is 4.82. The molecule has 8 heteroatoms. The second-order valence-electron chi connectivity index (χ2n) is 7.60. The molecule has 1 heterocycles. The van der Waals surface area contributed by atoms with Crippen LogP contribution in [0, 0.1) is 6.92 Å². The number of halogens is 1. The molecule has 0 bridgehead atoms. The fourth-order valence-electron chi connectivity index (χ4n) is 3.87. The number of benzene rings is 2. The Morgan fingerprint density at radius 3 is 2.32 bits per heavy atom. The van der Waals surface area contributed by atoms with Gasteiger partial charge in [0.1, 0.15) is 42.0 Å². The zero-order valence-corrected chi connectivity index (χ0v) is 18.5. The van der Waals surface area contributed by atoms with Crippen molar-refractivity contribution in [2.75, 3.05) is 20.3 Å². The van der Waals surface area contributed by atoms with Gasteiger partial charge in [0, 0.05) is 11.1 Å². The summed E-state index contributed by atoms with van der Waals surface area (Å²) in [6.45, 7) is 3.50. The first-order valence-corrected chi connectivity index (χ1v) is 10.6. The first kappa shape index (κ1) is 23.8. The van der Waals surface area contributed by atoms with E-state index in [1.165, 1.54) is 0 Å². The predicted octanol–water partition coefficient (Wildman–Crippen LogP) is 2.16. The van der Waals surface area contributed by atoms with Crippen molar-refractivity contribution < 1.29 is 34.6 Å². The van der Waals surface area contributed by atoms with Gasteiger partial charge in [0.2, 0.25) is 0 Å². The van der Waals surface area contributed by atoms with Crippen LogP contribution in [0.5, 0.6) is 11.5 Å². The normalized spacial score (nSPS) is 26.0. The molecule has 1 aliphatic heterocycles. The minimum Gasteiger partial charge on any atom is -0.497 e. The van der Waals surface area contributed by atoms with E-state index in [2.05, 4.69) is 0 Å². The summed E-state index contributed by atoms with van der Waals surface area (Å²) >= 11 is 6.66. The minimum absolute atomic E-state index is 0.361. The Bertz CT molecular complexity index is 884. The van der Waals surface area contributed by atoms with Gasteiger partial charge >= 0.3 is 0 Å². The lowest BCUT2D eigenvalue weighted by molar-refractivity contribution is -0.232. The zero-order valence-electron chi connectivity index (χ0n) is 17.8. The van der Waals surface area contributed by atoms with Crippen molar-refractivity contribution in [3.05, 3.63) is 57.6 Å². The van der Waals surface area contributed by atoms with Crippen molar-refractivity contribution in [1.29, 1.82) is 0 Å². The molecule has 7 nitrogen and oxygen atoms in total. The van der Waals surface area contributed by atoms with Gasteiger partial charge in [-0.2, -0.15) is 0 Å². The van der Waals surface area contributed by atoms with Gasteiger partial charge in [-0.05, 0) is 49.6 Å². The quantitative estimate of drug-likeness (QED) is 0.509. The number of rotatable bonds is 7. The molecule has 0 saturated carbocycles. The Morgan fingerprint density at radius 1 is 1.06 bits per heavy atom. The predicted molar refractivity (Wildman–Crippen MR) is 116 cm³/mol. The van der Waals surface area contributed by atoms with Crippen molar-refractivity contribution in [1.82, 2.24) is 0 Å². The van der Waals surface area contributed by atoms with Crippen molar-refractivity contribution in [3.8, 4) is 11.5 Å². The second kappa shape index (κ2) is 10.2. The van der Waals surface area contributed by atoms with Crippen LogP contribution in [0.1, 0.15) is 35.3 Å². The highest BCUT2D eigenvalue weighted by molar-refractivity contribution is 6.32. The van der Waals surface area contributed by atoms with Gasteiger partial charge in [-0.1, -0.05) is 23.7 Å². The van der Waals surface area contributed by atoms with Crippen LogP contribution in [0.3, 0.4) is 0 Å². The van der Waals surface area contributed by atoms with Crippen molar-refractivity contribution in [3.63, 3.8) is 0 Å². The average Bonchev–Trinajstić information content (AvgIpc) is 2.78. The van der Waals surface area contributed by atoms with Gasteiger partial charge in [0.25, 0.3) is 0 Å². The standard InChI is InChI=1S/C23H29ClO7/c1-4-30-22-12(2)18(24)14(9-13-5-7-15(29-3)8-6-13)10-16(22)23-21(28)20(27)19(26)17(11-25)31-23/h5-8,10,17,19-21,23,25-28H,4,9,11H2,1-3H3/t17-,19-,20+,21-,23+/m1/s1. The van der Waals surface area contributed by atoms with E-state index in [-0.39, 0.29) is 0 Å². The lowest BCUT2D eigenvalue weighted by Gasteiger charge is -2.41. The fraction of sp³-hybridized carbons (Fsp3) is 0.478. The van der Waals surface area contributed by atoms with Gasteiger partial charge in [-0.15, -0.1) is 0 Å². The van der Waals surface area contributed by atoms with E-state index >= 15 is 0 Å². The van der Waals surface area contributed by atoms with Gasteiger partial charge < -0.3 is 34.6 Å². The van der Waals surface area contributed by atoms with Crippen molar-refractivity contribution in [2.24, 2.45) is 0 Å². The van der Waals surface area contributed by atoms with Crippen molar-refractivity contribution >= 4 is 11.6 Å². The molecule has 170 valence electrons. The molecule has 0 aliphatic carbocycles. The Morgan fingerprint density at radius 2 is 1.74 bits per heavy atom. The van der Waals surface area contributed by atoms with E-state index in [9.17, 15) is 20.4 Å². The first-order valence-electron chi connectivity index (χ1n) is 10.2. The van der Waals surface area contributed by atoms with E-state index in [0.29, 0.717) is 34.9 Å². The Hall–Kier alpha value is -1.87. The summed E-state index contributed by atoms with van der Waals surface area (Å²) in [6, 6.07) is 9.40. The van der Waals surface area contributed by atoms with Crippen LogP contribution in [0.15, 0.2) is 30.3 Å². The SMILES string of the molecule is CCOc1c([C@@H]2O[C@H](CO)[C@@H](O)[C@H](O)[C@H]2O)cc(Cc2ccc(OC)cc2)c(Cl)c1C. The molecule has 2 aromatic carbocycles. The van der Waals surface area contributed by atoms with Crippen LogP contribution >= 0.6 is 11.6 Å². The molecule has 0 unspecified atom stereocenters. The monoisotopic (exact) mass is 452 g/mol. The maximum atomic E-state index is 10.6. The van der Waals surface area contributed by atoms with Gasteiger partial charge in [-0.25, -0.2) is 0 Å². The van der Waals surface area contributed by atoms with Crippen LogP contribution < -0.4 is 9.47 Å². The number of aliphatic hydroxyl groups is 4. The minimum atomic E-state index is -1.48. The number of hydrogen-bond acceptors (Lipinski definition) is 7. The molecule has 0 spiro atoms. The molecule has 0 amide bonds. The zero-order chi connectivity index (χ0) is 22.7. The number of aliphatic hydroxyl groups excluding tert-OH is 4. The van der Waals surface area contributed by atoms with E-state index < -0.39 is 37.1 Å². The Balaban J connectivity index is 2.05. The number of ether oxygens (including phenoxy) is 3. The highest BCUT2D eigenvalue weighted by Crippen LogP contribution is 2.42. The van der Waals surface area contributed by atoms with Gasteiger partial charge in [0.15, 0.2) is 0 Å². The third-order valence-corrected chi connectivity index (χ3v) is 6.11. The molecule has 4 N–H and O–H groups in total. The molecule has 0 radical (unpaired) electrons. The molecule has 0 aromatic heterocycles. The van der Waals surface area contributed by atoms with Crippen LogP contribution in [-0.2, 0) is 11.2 Å². The van der Waals surface area contributed by atoms with Crippen molar-refractivity contribution in [2.45, 2.75) is 50.8 Å². The summed E-state index contributed by atoms with van der Waals surface area (Å²) in [6.07, 6.45) is -5.83. The topological polar surface area (TPSA) is 109 Å². The highest BCUT2D eigenvalue weighted by atomic mass is 35.5. The van der Waals surface area contributed by atoms with Gasteiger partial charge in [-0.3, -0.25) is 0 Å². The van der Waals surface area contributed by atoms with E-state index in [1.807, 2.05) is 38.1 Å². The summed E-state index contributed by atoms with van der Waals surface area (Å²) in [5.41, 5.74) is 2.98.